The third-order valence-electron chi connectivity index (χ3n) is 5.02. The Morgan fingerprint density at radius 1 is 1.30 bits per heavy atom. The molecule has 2 N–H and O–H groups in total. The van der Waals surface area contributed by atoms with Gasteiger partial charge in [0.05, 0.1) is 6.04 Å². The molecule has 20 heavy (non-hydrogen) atoms. The summed E-state index contributed by atoms with van der Waals surface area (Å²) in [5, 5.41) is 6.51. The van der Waals surface area contributed by atoms with Gasteiger partial charge in [-0.25, -0.2) is 0 Å². The molecule has 0 saturated heterocycles. The Morgan fingerprint density at radius 3 is 2.30 bits per heavy atom. The maximum absolute atomic E-state index is 12.4. The number of nitrogens with zero attached hydrogens (tertiary/aromatic N) is 1. The Labute approximate surface area is 124 Å². The van der Waals surface area contributed by atoms with E-state index in [4.69, 9.17) is 0 Å². The first kappa shape index (κ1) is 17.4. The number of hydrogen-bond donors (Lipinski definition) is 2. The Kier molecular flexibility index (Phi) is 6.46. The molecule has 0 heterocycles. The number of nitrogens with one attached hydrogen (secondary N) is 2. The number of likely N-dealkylation sites (N-methyl/N-ethyl adjacent to an activating group) is 1. The topological polar surface area (TPSA) is 44.4 Å². The molecular formula is C16H33N3O. The summed E-state index contributed by atoms with van der Waals surface area (Å²) < 4.78 is 0. The van der Waals surface area contributed by atoms with E-state index < -0.39 is 0 Å². The summed E-state index contributed by atoms with van der Waals surface area (Å²) in [7, 11) is 4.13. The van der Waals surface area contributed by atoms with Crippen molar-refractivity contribution in [3.8, 4) is 0 Å². The molecule has 0 radical (unpaired) electrons. The molecule has 1 aliphatic carbocycles. The van der Waals surface area contributed by atoms with E-state index in [1.165, 1.54) is 25.7 Å². The average Bonchev–Trinajstić information content (AvgIpc) is 2.45. The van der Waals surface area contributed by atoms with Crippen molar-refractivity contribution in [2.24, 2.45) is 0 Å². The molecule has 4 nitrogen and oxygen atoms in total. The third-order valence-corrected chi connectivity index (χ3v) is 5.02. The molecule has 1 rings (SSSR count). The van der Waals surface area contributed by atoms with Crippen LogP contribution in [-0.4, -0.2) is 48.6 Å². The van der Waals surface area contributed by atoms with Gasteiger partial charge in [-0.3, -0.25) is 9.69 Å². The number of carbonyl (C=O) groups excluding carboxylic acids is 1. The monoisotopic (exact) mass is 283 g/mol. The second kappa shape index (κ2) is 7.41. The maximum atomic E-state index is 12.4. The standard InChI is InChI=1S/C16H33N3O/c1-7-16(3,4)18-15(20)12(2)19(6)14-10-8-13(17-5)9-11-14/h12-14,17H,7-11H2,1-6H3,(H,18,20). The van der Waals surface area contributed by atoms with E-state index in [1.54, 1.807) is 0 Å². The first-order chi connectivity index (χ1) is 9.30. The summed E-state index contributed by atoms with van der Waals surface area (Å²) in [6, 6.07) is 1.13. The quantitative estimate of drug-likeness (QED) is 0.785. The zero-order valence-corrected chi connectivity index (χ0v) is 14.1. The van der Waals surface area contributed by atoms with Crippen LogP contribution >= 0.6 is 0 Å². The van der Waals surface area contributed by atoms with Gasteiger partial charge in [0.1, 0.15) is 0 Å². The second-order valence-electron chi connectivity index (χ2n) is 6.86. The first-order valence-corrected chi connectivity index (χ1v) is 8.02. The van der Waals surface area contributed by atoms with Crippen LogP contribution < -0.4 is 10.6 Å². The second-order valence-corrected chi connectivity index (χ2v) is 6.86. The van der Waals surface area contributed by atoms with Crippen molar-refractivity contribution < 1.29 is 4.79 Å². The molecule has 1 unspecified atom stereocenters. The molecule has 1 saturated carbocycles. The lowest BCUT2D eigenvalue weighted by atomic mass is 9.89. The van der Waals surface area contributed by atoms with Crippen molar-refractivity contribution in [1.82, 2.24) is 15.5 Å². The van der Waals surface area contributed by atoms with Crippen LogP contribution in [0.15, 0.2) is 0 Å². The molecule has 0 spiro atoms. The zero-order chi connectivity index (χ0) is 15.3. The molecule has 0 aromatic rings. The van der Waals surface area contributed by atoms with Crippen molar-refractivity contribution in [2.75, 3.05) is 14.1 Å². The fraction of sp³-hybridized carbons (Fsp3) is 0.938. The predicted molar refractivity (Wildman–Crippen MR) is 84.8 cm³/mol. The number of amides is 1. The highest BCUT2D eigenvalue weighted by atomic mass is 16.2. The molecule has 0 bridgehead atoms. The Bertz CT molecular complexity index is 309. The highest BCUT2D eigenvalue weighted by molar-refractivity contribution is 5.82. The number of rotatable bonds is 6. The third kappa shape index (κ3) is 4.74. The summed E-state index contributed by atoms with van der Waals surface area (Å²) in [6.07, 6.45) is 5.72. The molecule has 4 heteroatoms. The SMILES string of the molecule is CCC(C)(C)NC(=O)C(C)N(C)C1CCC(NC)CC1. The van der Waals surface area contributed by atoms with Crippen LogP contribution in [0.3, 0.4) is 0 Å². The van der Waals surface area contributed by atoms with Crippen LogP contribution in [0, 0.1) is 0 Å². The van der Waals surface area contributed by atoms with Gasteiger partial charge < -0.3 is 10.6 Å². The molecule has 1 amide bonds. The smallest absolute Gasteiger partial charge is 0.237 e. The van der Waals surface area contributed by atoms with Gasteiger partial charge in [-0.05, 0) is 67.0 Å². The van der Waals surface area contributed by atoms with Gasteiger partial charge in [-0.1, -0.05) is 6.92 Å². The van der Waals surface area contributed by atoms with Crippen LogP contribution in [-0.2, 0) is 4.79 Å². The summed E-state index contributed by atoms with van der Waals surface area (Å²) in [5.74, 6) is 0.148. The Morgan fingerprint density at radius 2 is 1.85 bits per heavy atom. The lowest BCUT2D eigenvalue weighted by molar-refractivity contribution is -0.128. The van der Waals surface area contributed by atoms with Crippen molar-refractivity contribution in [3.63, 3.8) is 0 Å². The van der Waals surface area contributed by atoms with E-state index in [-0.39, 0.29) is 17.5 Å². The molecule has 0 aromatic carbocycles. The summed E-state index contributed by atoms with van der Waals surface area (Å²) in [5.41, 5.74) is -0.115. The fourth-order valence-electron chi connectivity index (χ4n) is 2.80. The van der Waals surface area contributed by atoms with E-state index in [0.717, 1.165) is 6.42 Å². The van der Waals surface area contributed by atoms with Crippen LogP contribution in [0.2, 0.25) is 0 Å². The normalized spacial score (nSPS) is 25.6. The minimum atomic E-state index is -0.115. The van der Waals surface area contributed by atoms with E-state index >= 15 is 0 Å². The Hall–Kier alpha value is -0.610. The van der Waals surface area contributed by atoms with E-state index in [2.05, 4.69) is 43.4 Å². The zero-order valence-electron chi connectivity index (χ0n) is 14.1. The molecule has 0 aliphatic heterocycles. The lowest BCUT2D eigenvalue weighted by Crippen LogP contribution is -2.54. The molecule has 118 valence electrons. The van der Waals surface area contributed by atoms with Gasteiger partial charge in [0.15, 0.2) is 0 Å². The predicted octanol–water partition coefficient (Wildman–Crippen LogP) is 2.14. The van der Waals surface area contributed by atoms with Crippen molar-refractivity contribution in [1.29, 1.82) is 0 Å². The first-order valence-electron chi connectivity index (χ1n) is 8.02. The van der Waals surface area contributed by atoms with Gasteiger partial charge in [0.25, 0.3) is 0 Å². The molecular weight excluding hydrogens is 250 g/mol. The molecule has 1 fully saturated rings. The minimum absolute atomic E-state index is 0.0584. The lowest BCUT2D eigenvalue weighted by Gasteiger charge is -2.38. The van der Waals surface area contributed by atoms with Crippen LogP contribution in [0.5, 0.6) is 0 Å². The average molecular weight is 283 g/mol. The largest absolute Gasteiger partial charge is 0.350 e. The van der Waals surface area contributed by atoms with Crippen molar-refractivity contribution >= 4 is 5.91 Å². The van der Waals surface area contributed by atoms with Crippen LogP contribution in [0.25, 0.3) is 0 Å². The highest BCUT2D eigenvalue weighted by Gasteiger charge is 2.30. The van der Waals surface area contributed by atoms with Gasteiger partial charge in [-0.15, -0.1) is 0 Å². The molecule has 1 aliphatic rings. The van der Waals surface area contributed by atoms with Gasteiger partial charge >= 0.3 is 0 Å². The maximum Gasteiger partial charge on any atom is 0.237 e. The van der Waals surface area contributed by atoms with Crippen LogP contribution in [0.4, 0.5) is 0 Å². The van der Waals surface area contributed by atoms with E-state index in [1.807, 2.05) is 14.0 Å². The van der Waals surface area contributed by atoms with Gasteiger partial charge in [0, 0.05) is 17.6 Å². The fourth-order valence-corrected chi connectivity index (χ4v) is 2.80. The van der Waals surface area contributed by atoms with Crippen molar-refractivity contribution in [2.45, 2.75) is 83.5 Å². The van der Waals surface area contributed by atoms with Crippen molar-refractivity contribution in [3.05, 3.63) is 0 Å². The van der Waals surface area contributed by atoms with Gasteiger partial charge in [0.2, 0.25) is 5.91 Å². The number of carbonyl (C=O) groups is 1. The van der Waals surface area contributed by atoms with E-state index in [9.17, 15) is 4.79 Å². The summed E-state index contributed by atoms with van der Waals surface area (Å²) in [6.45, 7) is 8.28. The highest BCUT2D eigenvalue weighted by Crippen LogP contribution is 2.23. The molecule has 1 atom stereocenters. The molecule has 0 aromatic heterocycles. The van der Waals surface area contributed by atoms with Crippen LogP contribution in [0.1, 0.15) is 59.8 Å². The minimum Gasteiger partial charge on any atom is -0.350 e. The van der Waals surface area contributed by atoms with E-state index in [0.29, 0.717) is 12.1 Å². The Balaban J connectivity index is 2.50. The summed E-state index contributed by atoms with van der Waals surface area (Å²) in [4.78, 5) is 14.6. The van der Waals surface area contributed by atoms with Gasteiger partial charge in [-0.2, -0.15) is 0 Å². The number of hydrogen-bond acceptors (Lipinski definition) is 3. The summed E-state index contributed by atoms with van der Waals surface area (Å²) >= 11 is 0.